The molecule has 0 amide bonds. The summed E-state index contributed by atoms with van der Waals surface area (Å²) in [5, 5.41) is 76.7. The maximum atomic E-state index is 10.5. The molecule has 8 N–H and O–H groups in total. The second-order valence-electron chi connectivity index (χ2n) is 5.95. The van der Waals surface area contributed by atoms with Crippen LogP contribution in [0.5, 0.6) is 0 Å². The van der Waals surface area contributed by atoms with Crippen molar-refractivity contribution in [1.82, 2.24) is 0 Å². The number of carboxylic acid groups (broad SMARTS) is 1. The lowest BCUT2D eigenvalue weighted by Crippen LogP contribution is -2.62. The molecular weight excluding hydrogens is 388 g/mol. The molecule has 2 heterocycles. The van der Waals surface area contributed by atoms with Crippen molar-refractivity contribution in [3.63, 3.8) is 0 Å². The van der Waals surface area contributed by atoms with E-state index in [1.54, 1.807) is 0 Å². The minimum absolute atomic E-state index is 0. The molecule has 14 heteroatoms. The van der Waals surface area contributed by atoms with Crippen LogP contribution in [-0.4, -0.2) is 145 Å². The summed E-state index contributed by atoms with van der Waals surface area (Å²) >= 11 is 0. The van der Waals surface area contributed by atoms with Crippen molar-refractivity contribution in [3.05, 3.63) is 0 Å². The highest BCUT2D eigenvalue weighted by Gasteiger charge is 2.58. The summed E-state index contributed by atoms with van der Waals surface area (Å²) in [6, 6.07) is 0. The summed E-state index contributed by atoms with van der Waals surface area (Å²) < 4.78 is 19.8. The molecule has 0 aliphatic carbocycles. The summed E-state index contributed by atoms with van der Waals surface area (Å²) in [5.74, 6) is -2.31. The Hall–Kier alpha value is -0.364. The van der Waals surface area contributed by atoms with Crippen molar-refractivity contribution in [2.45, 2.75) is 54.8 Å². The van der Waals surface area contributed by atoms with Gasteiger partial charge in [-0.15, -0.1) is 0 Å². The van der Waals surface area contributed by atoms with Crippen LogP contribution in [0.3, 0.4) is 0 Å². The molecule has 27 heavy (non-hydrogen) atoms. The largest absolute Gasteiger partial charge is 0.505 e. The Morgan fingerprint density at radius 3 is 2.07 bits per heavy atom. The molecule has 0 unspecified atom stereocenters. The van der Waals surface area contributed by atoms with Gasteiger partial charge in [-0.3, -0.25) is 0 Å². The first kappa shape index (κ1) is 24.7. The first-order valence-electron chi connectivity index (χ1n) is 7.65. The third-order valence-electron chi connectivity index (χ3n) is 4.26. The molecule has 2 aliphatic heterocycles. The molecule has 2 saturated heterocycles. The van der Waals surface area contributed by atoms with Crippen LogP contribution in [0.15, 0.2) is 0 Å². The minimum atomic E-state index is -2.31. The Kier molecular flexibility index (Phi) is 9.05. The van der Waals surface area contributed by atoms with E-state index in [1.165, 1.54) is 0 Å². The van der Waals surface area contributed by atoms with Crippen molar-refractivity contribution < 1.29 is 64.6 Å². The van der Waals surface area contributed by atoms with Gasteiger partial charge >= 0.3 is 29.2 Å². The SMILES string of the molecule is O=C(O)OC[C@H]1O[C@H](O[C@]2(CO)O[C@H](CO)[C@@H](O)[C@@H]2O)[C@H](O)[C@@H](O)[C@@H]1O.[MgH2]. The van der Waals surface area contributed by atoms with Gasteiger partial charge in [0, 0.05) is 0 Å². The molecule has 0 bridgehead atoms. The minimum Gasteiger partial charge on any atom is -0.450 e. The van der Waals surface area contributed by atoms with E-state index in [0.29, 0.717) is 0 Å². The third-order valence-corrected chi connectivity index (χ3v) is 4.26. The summed E-state index contributed by atoms with van der Waals surface area (Å²) in [6.45, 7) is -2.45. The van der Waals surface area contributed by atoms with E-state index in [4.69, 9.17) is 24.4 Å². The highest BCUT2D eigenvalue weighted by Crippen LogP contribution is 2.35. The number of hydrogen-bond acceptors (Lipinski definition) is 12. The van der Waals surface area contributed by atoms with E-state index in [1.807, 2.05) is 0 Å². The van der Waals surface area contributed by atoms with Gasteiger partial charge in [0.25, 0.3) is 0 Å². The second kappa shape index (κ2) is 9.90. The maximum Gasteiger partial charge on any atom is 0.505 e. The highest BCUT2D eigenvalue weighted by molar-refractivity contribution is 5.75. The van der Waals surface area contributed by atoms with Crippen molar-refractivity contribution in [2.75, 3.05) is 19.8 Å². The number of aliphatic hydroxyl groups excluding tert-OH is 7. The van der Waals surface area contributed by atoms with Gasteiger partial charge in [0.2, 0.25) is 5.79 Å². The normalized spacial score (nSPS) is 44.6. The molecule has 2 fully saturated rings. The van der Waals surface area contributed by atoms with Crippen molar-refractivity contribution in [3.8, 4) is 0 Å². The Labute approximate surface area is 168 Å². The number of ether oxygens (including phenoxy) is 4. The fraction of sp³-hybridized carbons (Fsp3) is 0.923. The number of rotatable bonds is 6. The number of hydrogen-bond donors (Lipinski definition) is 8. The fourth-order valence-electron chi connectivity index (χ4n) is 2.77. The van der Waals surface area contributed by atoms with Crippen molar-refractivity contribution >= 4 is 29.2 Å². The topological polar surface area (TPSA) is 216 Å². The van der Waals surface area contributed by atoms with Crippen LogP contribution in [-0.2, 0) is 18.9 Å². The van der Waals surface area contributed by atoms with Crippen molar-refractivity contribution in [1.29, 1.82) is 0 Å². The van der Waals surface area contributed by atoms with Crippen LogP contribution in [0.4, 0.5) is 4.79 Å². The van der Waals surface area contributed by atoms with Gasteiger partial charge in [-0.2, -0.15) is 0 Å². The molecule has 0 aromatic carbocycles. The Bertz CT molecular complexity index is 495. The van der Waals surface area contributed by atoms with Gasteiger partial charge in [0.1, 0.15) is 55.9 Å². The van der Waals surface area contributed by atoms with Crippen LogP contribution in [0.2, 0.25) is 0 Å². The molecule has 156 valence electrons. The Morgan fingerprint density at radius 1 is 0.963 bits per heavy atom. The molecule has 13 nitrogen and oxygen atoms in total. The van der Waals surface area contributed by atoms with Crippen LogP contribution in [0, 0.1) is 0 Å². The molecule has 0 aromatic heterocycles. The zero-order valence-electron chi connectivity index (χ0n) is 13.4. The van der Waals surface area contributed by atoms with E-state index in [2.05, 4.69) is 4.74 Å². The highest BCUT2D eigenvalue weighted by atomic mass is 24.3. The average molecular weight is 413 g/mol. The van der Waals surface area contributed by atoms with Gasteiger partial charge in [0.05, 0.1) is 6.61 Å². The predicted octanol–water partition coefficient (Wildman–Crippen LogP) is -5.61. The molecule has 2 rings (SSSR count). The van der Waals surface area contributed by atoms with Gasteiger partial charge in [-0.05, 0) is 0 Å². The zero-order valence-corrected chi connectivity index (χ0v) is 13.4. The van der Waals surface area contributed by atoms with Gasteiger partial charge in [0.15, 0.2) is 6.29 Å². The standard InChI is InChI=1S/C13H22O13.Mg.2H/c14-1-4-7(17)10(20)13(3-15,25-4)26-11-9(19)8(18)6(16)5(24-11)2-23-12(21)22;;;/h4-11,14-20H,1-3H2,(H,21,22);;;/t4-,5-,6-,7-,8+,9-,10+,11-,13+;;;/m1.../s1. The maximum absolute atomic E-state index is 10.5. The smallest absolute Gasteiger partial charge is 0.450 e. The zero-order chi connectivity index (χ0) is 19.6. The lowest BCUT2D eigenvalue weighted by molar-refractivity contribution is -0.383. The first-order valence-corrected chi connectivity index (χ1v) is 7.65. The van der Waals surface area contributed by atoms with Crippen LogP contribution in [0.1, 0.15) is 0 Å². The van der Waals surface area contributed by atoms with E-state index >= 15 is 0 Å². The molecule has 0 saturated carbocycles. The molecule has 0 radical (unpaired) electrons. The van der Waals surface area contributed by atoms with E-state index in [-0.39, 0.29) is 23.1 Å². The summed E-state index contributed by atoms with van der Waals surface area (Å²) in [5.41, 5.74) is 0. The van der Waals surface area contributed by atoms with Crippen LogP contribution >= 0.6 is 0 Å². The lowest BCUT2D eigenvalue weighted by atomic mass is 9.99. The van der Waals surface area contributed by atoms with E-state index < -0.39 is 80.8 Å². The quantitative estimate of drug-likeness (QED) is 0.151. The predicted molar refractivity (Wildman–Crippen MR) is 84.1 cm³/mol. The Balaban J connectivity index is 0.00000364. The molecule has 0 spiro atoms. The molecule has 9 atom stereocenters. The Morgan fingerprint density at radius 2 is 1.59 bits per heavy atom. The summed E-state index contributed by atoms with van der Waals surface area (Å²) in [4.78, 5) is 10.5. The molecule has 2 aliphatic rings. The fourth-order valence-corrected chi connectivity index (χ4v) is 2.77. The lowest BCUT2D eigenvalue weighted by Gasteiger charge is -2.43. The van der Waals surface area contributed by atoms with Crippen LogP contribution in [0.25, 0.3) is 0 Å². The van der Waals surface area contributed by atoms with E-state index in [0.717, 1.165) is 0 Å². The van der Waals surface area contributed by atoms with Gasteiger partial charge in [-0.1, -0.05) is 0 Å². The molecule has 0 aromatic rings. The van der Waals surface area contributed by atoms with Crippen molar-refractivity contribution in [2.24, 2.45) is 0 Å². The molecular formula is C13H24MgO13. The monoisotopic (exact) mass is 412 g/mol. The summed E-state index contributed by atoms with van der Waals surface area (Å²) in [6.07, 6.45) is -15.1. The first-order chi connectivity index (χ1) is 12.2. The number of aliphatic hydroxyl groups is 7. The second-order valence-corrected chi connectivity index (χ2v) is 5.95. The van der Waals surface area contributed by atoms with Gasteiger partial charge in [-0.25, -0.2) is 4.79 Å². The number of carbonyl (C=O) groups is 1. The third kappa shape index (κ3) is 4.98. The van der Waals surface area contributed by atoms with E-state index in [9.17, 15) is 35.4 Å². The summed E-state index contributed by atoms with van der Waals surface area (Å²) in [7, 11) is 0. The van der Waals surface area contributed by atoms with Crippen LogP contribution < -0.4 is 0 Å². The average Bonchev–Trinajstić information content (AvgIpc) is 2.86. The van der Waals surface area contributed by atoms with Gasteiger partial charge < -0.3 is 59.8 Å².